The molecule has 0 unspecified atom stereocenters. The monoisotopic (exact) mass is 561 g/mol. The van der Waals surface area contributed by atoms with E-state index in [0.29, 0.717) is 25.5 Å². The lowest BCUT2D eigenvalue weighted by Crippen LogP contribution is -2.45. The van der Waals surface area contributed by atoms with Crippen molar-refractivity contribution in [2.75, 3.05) is 31.5 Å². The predicted molar refractivity (Wildman–Crippen MR) is 156 cm³/mol. The van der Waals surface area contributed by atoms with Crippen LogP contribution in [0.3, 0.4) is 0 Å². The quantitative estimate of drug-likeness (QED) is 0.376. The highest BCUT2D eigenvalue weighted by Crippen LogP contribution is 2.36. The molecule has 2 amide bonds. The van der Waals surface area contributed by atoms with Gasteiger partial charge in [-0.1, -0.05) is 18.2 Å². The lowest BCUT2D eigenvalue weighted by Gasteiger charge is -2.37. The second-order valence-corrected chi connectivity index (χ2v) is 12.1. The van der Waals surface area contributed by atoms with Crippen LogP contribution in [-0.4, -0.2) is 74.6 Å². The first-order valence-electron chi connectivity index (χ1n) is 14.4. The smallest absolute Gasteiger partial charge is 0.413 e. The van der Waals surface area contributed by atoms with E-state index >= 15 is 0 Å². The number of piperidine rings is 2. The Hall–Kier alpha value is -3.92. The fraction of sp³-hybridized carbons (Fsp3) is 0.484. The summed E-state index contributed by atoms with van der Waals surface area (Å²) in [5.74, 6) is -0.157. The first kappa shape index (κ1) is 28.6. The number of likely N-dealkylation sites (tertiary alicyclic amines) is 2. The van der Waals surface area contributed by atoms with Crippen LogP contribution in [0.2, 0.25) is 0 Å². The first-order valence-corrected chi connectivity index (χ1v) is 14.4. The van der Waals surface area contributed by atoms with E-state index in [-0.39, 0.29) is 23.4 Å². The summed E-state index contributed by atoms with van der Waals surface area (Å²) >= 11 is 0. The number of aromatic amines is 1. The summed E-state index contributed by atoms with van der Waals surface area (Å²) in [4.78, 5) is 49.0. The molecule has 3 aromatic rings. The molecule has 1 aromatic carbocycles. The number of ether oxygens (including phenoxy) is 1. The Kier molecular flexibility index (Phi) is 8.30. The molecule has 2 aliphatic rings. The number of amides is 2. The Morgan fingerprint density at radius 3 is 2.44 bits per heavy atom. The summed E-state index contributed by atoms with van der Waals surface area (Å²) in [7, 11) is 0. The van der Waals surface area contributed by atoms with Crippen LogP contribution in [0.15, 0.2) is 42.6 Å². The van der Waals surface area contributed by atoms with Crippen molar-refractivity contribution in [3.8, 4) is 0 Å². The van der Waals surface area contributed by atoms with Crippen molar-refractivity contribution in [3.63, 3.8) is 0 Å². The third kappa shape index (κ3) is 6.87. The molecule has 0 saturated carbocycles. The van der Waals surface area contributed by atoms with Gasteiger partial charge in [-0.3, -0.25) is 15.0 Å². The van der Waals surface area contributed by atoms with Gasteiger partial charge in [-0.25, -0.2) is 14.6 Å². The van der Waals surface area contributed by atoms with Crippen LogP contribution in [0.25, 0.3) is 10.9 Å². The van der Waals surface area contributed by atoms with Crippen LogP contribution >= 0.6 is 0 Å². The number of nitrogens with one attached hydrogen (secondary N) is 2. The molecule has 4 heterocycles. The number of aromatic nitrogens is 2. The number of fused-ring (bicyclic) bond motifs is 1. The first-order chi connectivity index (χ1) is 19.6. The maximum atomic E-state index is 13.4. The number of hydrogen-bond acceptors (Lipinski definition) is 6. The van der Waals surface area contributed by atoms with Crippen LogP contribution in [0, 0.1) is 5.92 Å². The van der Waals surface area contributed by atoms with Crippen molar-refractivity contribution in [2.45, 2.75) is 64.5 Å². The van der Waals surface area contributed by atoms with E-state index in [2.05, 4.69) is 20.2 Å². The van der Waals surface area contributed by atoms with Gasteiger partial charge in [0, 0.05) is 42.7 Å². The van der Waals surface area contributed by atoms with E-state index in [9.17, 15) is 19.5 Å². The topological polar surface area (TPSA) is 128 Å². The van der Waals surface area contributed by atoms with Crippen LogP contribution in [0.1, 0.15) is 74.0 Å². The fourth-order valence-corrected chi connectivity index (χ4v) is 6.05. The van der Waals surface area contributed by atoms with E-state index in [4.69, 9.17) is 4.74 Å². The van der Waals surface area contributed by atoms with Gasteiger partial charge in [0.15, 0.2) is 0 Å². The number of carboxylic acid groups (broad SMARTS) is 1. The van der Waals surface area contributed by atoms with Gasteiger partial charge >= 0.3 is 12.1 Å². The molecule has 5 rings (SSSR count). The zero-order valence-corrected chi connectivity index (χ0v) is 24.0. The normalized spacial score (nSPS) is 17.5. The molecule has 10 nitrogen and oxygen atoms in total. The van der Waals surface area contributed by atoms with Gasteiger partial charge < -0.3 is 19.7 Å². The van der Waals surface area contributed by atoms with Crippen LogP contribution in [0.4, 0.5) is 10.6 Å². The lowest BCUT2D eigenvalue weighted by atomic mass is 9.86. The molecule has 2 fully saturated rings. The van der Waals surface area contributed by atoms with Gasteiger partial charge in [0.05, 0.1) is 0 Å². The number of benzene rings is 1. The highest BCUT2D eigenvalue weighted by atomic mass is 16.6. The average molecular weight is 562 g/mol. The second kappa shape index (κ2) is 11.9. The molecule has 3 N–H and O–H groups in total. The Morgan fingerprint density at radius 1 is 1.05 bits per heavy atom. The standard InChI is InChI=1S/C31H39N5O5/c1-31(2,3)41-30(40)34-25-18-20(8-13-32-25)19-35-14-9-22(10-15-35)28(37)36-16-11-21(12-17-36)26-23-6-4-5-7-24(23)33-27(26)29(38)39/h4-8,13,18,21-22,33H,9-12,14-17,19H2,1-3H3,(H,38,39)(H,32,34,40). The summed E-state index contributed by atoms with van der Waals surface area (Å²) in [6, 6.07) is 11.5. The third-order valence-electron chi connectivity index (χ3n) is 7.97. The highest BCUT2D eigenvalue weighted by Gasteiger charge is 2.33. The molecular formula is C31H39N5O5. The van der Waals surface area contributed by atoms with Crippen LogP contribution in [0.5, 0.6) is 0 Å². The number of carbonyl (C=O) groups is 3. The number of rotatable bonds is 6. The van der Waals surface area contributed by atoms with E-state index in [1.165, 1.54) is 0 Å². The van der Waals surface area contributed by atoms with E-state index < -0.39 is 17.7 Å². The highest BCUT2D eigenvalue weighted by molar-refractivity contribution is 5.98. The van der Waals surface area contributed by atoms with Crippen molar-refractivity contribution in [1.29, 1.82) is 0 Å². The lowest BCUT2D eigenvalue weighted by molar-refractivity contribution is -0.138. The molecule has 2 aromatic heterocycles. The summed E-state index contributed by atoms with van der Waals surface area (Å²) in [5, 5.41) is 13.4. The van der Waals surface area contributed by atoms with Gasteiger partial charge in [-0.15, -0.1) is 0 Å². The minimum Gasteiger partial charge on any atom is -0.477 e. The van der Waals surface area contributed by atoms with Gasteiger partial charge in [0.1, 0.15) is 17.1 Å². The van der Waals surface area contributed by atoms with E-state index in [1.54, 1.807) is 6.20 Å². The Balaban J connectivity index is 1.12. The average Bonchev–Trinajstić information content (AvgIpc) is 3.32. The van der Waals surface area contributed by atoms with Crippen molar-refractivity contribution in [1.82, 2.24) is 19.8 Å². The summed E-state index contributed by atoms with van der Waals surface area (Å²) in [6.45, 7) is 9.09. The summed E-state index contributed by atoms with van der Waals surface area (Å²) < 4.78 is 5.31. The van der Waals surface area contributed by atoms with Gasteiger partial charge in [0.25, 0.3) is 0 Å². The largest absolute Gasteiger partial charge is 0.477 e. The molecule has 0 spiro atoms. The molecule has 218 valence electrons. The van der Waals surface area contributed by atoms with E-state index in [0.717, 1.165) is 60.8 Å². The van der Waals surface area contributed by atoms with Crippen molar-refractivity contribution in [3.05, 3.63) is 59.4 Å². The molecule has 0 radical (unpaired) electrons. The molecule has 2 saturated heterocycles. The summed E-state index contributed by atoms with van der Waals surface area (Å²) in [6.07, 6.45) is 4.27. The number of aromatic carboxylic acids is 1. The fourth-order valence-electron chi connectivity index (χ4n) is 6.05. The number of carbonyl (C=O) groups excluding carboxylic acids is 2. The Morgan fingerprint density at radius 2 is 1.76 bits per heavy atom. The molecule has 0 atom stereocenters. The molecule has 41 heavy (non-hydrogen) atoms. The predicted octanol–water partition coefficient (Wildman–Crippen LogP) is 5.23. The minimum absolute atomic E-state index is 0.00676. The Bertz CT molecular complexity index is 1410. The minimum atomic E-state index is -0.941. The molecule has 10 heteroatoms. The van der Waals surface area contributed by atoms with Gasteiger partial charge in [-0.05, 0) is 94.8 Å². The zero-order valence-electron chi connectivity index (χ0n) is 24.0. The van der Waals surface area contributed by atoms with E-state index in [1.807, 2.05) is 62.1 Å². The number of hydrogen-bond donors (Lipinski definition) is 3. The molecule has 0 bridgehead atoms. The number of nitrogens with zero attached hydrogens (tertiary/aromatic N) is 3. The summed E-state index contributed by atoms with van der Waals surface area (Å²) in [5.41, 5.74) is 2.43. The molecule has 0 aliphatic carbocycles. The maximum absolute atomic E-state index is 13.4. The van der Waals surface area contributed by atoms with Gasteiger partial charge in [-0.2, -0.15) is 0 Å². The number of carboxylic acids is 1. The number of anilines is 1. The van der Waals surface area contributed by atoms with Crippen molar-refractivity contribution >= 4 is 34.7 Å². The van der Waals surface area contributed by atoms with Crippen LogP contribution < -0.4 is 5.32 Å². The maximum Gasteiger partial charge on any atom is 0.413 e. The third-order valence-corrected chi connectivity index (χ3v) is 7.97. The van der Waals surface area contributed by atoms with Crippen LogP contribution in [-0.2, 0) is 16.1 Å². The van der Waals surface area contributed by atoms with Crippen molar-refractivity contribution in [2.24, 2.45) is 5.92 Å². The number of H-pyrrole nitrogens is 1. The number of pyridine rings is 1. The molecule has 2 aliphatic heterocycles. The second-order valence-electron chi connectivity index (χ2n) is 12.1. The Labute approximate surface area is 240 Å². The van der Waals surface area contributed by atoms with Crippen molar-refractivity contribution < 1.29 is 24.2 Å². The van der Waals surface area contributed by atoms with Gasteiger partial charge in [0.2, 0.25) is 5.91 Å². The molecular weight excluding hydrogens is 522 g/mol. The SMILES string of the molecule is CC(C)(C)OC(=O)Nc1cc(CN2CCC(C(=O)N3CCC(c4c(C(=O)O)[nH]c5ccccc45)CC3)CC2)ccn1. The number of para-hydroxylation sites is 1. The zero-order chi connectivity index (χ0) is 29.1.